The van der Waals surface area contributed by atoms with Gasteiger partial charge in [-0.05, 0) is 51.1 Å². The van der Waals surface area contributed by atoms with Gasteiger partial charge in [0.15, 0.2) is 0 Å². The molecule has 0 atom stereocenters. The number of anilines is 2. The lowest BCUT2D eigenvalue weighted by Gasteiger charge is -2.22. The van der Waals surface area contributed by atoms with Crippen LogP contribution in [0.15, 0.2) is 47.4 Å². The molecule has 9 nitrogen and oxygen atoms in total. The number of hydrogen-bond acceptors (Lipinski definition) is 6. The fourth-order valence-corrected chi connectivity index (χ4v) is 4.76. The Balaban J connectivity index is 2.19. The van der Waals surface area contributed by atoms with Gasteiger partial charge in [0.1, 0.15) is 5.75 Å². The molecular weight excluding hydrogens is 456 g/mol. The number of nitrogens with one attached hydrogen (secondary N) is 3. The highest BCUT2D eigenvalue weighted by atomic mass is 32.2. The van der Waals surface area contributed by atoms with Gasteiger partial charge in [0, 0.05) is 24.3 Å². The summed E-state index contributed by atoms with van der Waals surface area (Å²) in [5.74, 6) is -0.356. The zero-order chi connectivity index (χ0) is 25.5. The van der Waals surface area contributed by atoms with Crippen LogP contribution in [0.4, 0.5) is 11.4 Å². The van der Waals surface area contributed by atoms with Crippen molar-refractivity contribution in [3.8, 4) is 5.75 Å². The molecule has 0 heterocycles. The van der Waals surface area contributed by atoms with Crippen molar-refractivity contribution in [2.24, 2.45) is 0 Å². The van der Waals surface area contributed by atoms with Crippen LogP contribution >= 0.6 is 0 Å². The second-order valence-electron chi connectivity index (χ2n) is 8.60. The number of nitrogens with zero attached hydrogens (tertiary/aromatic N) is 1. The maximum absolute atomic E-state index is 12.9. The Kier molecular flexibility index (Phi) is 9.06. The largest absolute Gasteiger partial charge is 0.495 e. The van der Waals surface area contributed by atoms with Crippen LogP contribution in [0.1, 0.15) is 45.0 Å². The molecule has 0 aliphatic carbocycles. The van der Waals surface area contributed by atoms with Crippen LogP contribution in [-0.2, 0) is 14.8 Å². The Bertz CT molecular complexity index is 1120. The maximum Gasteiger partial charge on any atom is 0.253 e. The maximum atomic E-state index is 12.9. The molecule has 0 fully saturated rings. The SMILES string of the molecule is CCN(CC)S(=O)(=O)c1ccc(OC)c(NC(=O)CNc2ccccc2C(=O)NC(C)(C)C)c1. The monoisotopic (exact) mass is 490 g/mol. The van der Waals surface area contributed by atoms with Crippen LogP contribution in [0.5, 0.6) is 5.75 Å². The minimum atomic E-state index is -3.70. The van der Waals surface area contributed by atoms with Gasteiger partial charge in [-0.2, -0.15) is 4.31 Å². The molecule has 2 aromatic rings. The molecular formula is C24H34N4O5S. The number of para-hydroxylation sites is 1. The van der Waals surface area contributed by atoms with E-state index in [1.807, 2.05) is 20.8 Å². The highest BCUT2D eigenvalue weighted by molar-refractivity contribution is 7.89. The third kappa shape index (κ3) is 6.94. The van der Waals surface area contributed by atoms with Gasteiger partial charge in [0.2, 0.25) is 15.9 Å². The summed E-state index contributed by atoms with van der Waals surface area (Å²) in [6, 6.07) is 11.2. The molecule has 2 amide bonds. The molecule has 0 aromatic heterocycles. The number of benzene rings is 2. The number of ether oxygens (including phenoxy) is 1. The first-order chi connectivity index (χ1) is 15.9. The first kappa shape index (κ1) is 27.1. The summed E-state index contributed by atoms with van der Waals surface area (Å²) in [4.78, 5) is 25.3. The number of carbonyl (C=O) groups is 2. The average Bonchev–Trinajstić information content (AvgIpc) is 2.77. The van der Waals surface area contributed by atoms with E-state index in [2.05, 4.69) is 16.0 Å². The fraction of sp³-hybridized carbons (Fsp3) is 0.417. The fourth-order valence-electron chi connectivity index (χ4n) is 3.27. The Hall–Kier alpha value is -3.11. The molecule has 2 aromatic carbocycles. The van der Waals surface area contributed by atoms with Crippen molar-refractivity contribution < 1.29 is 22.7 Å². The van der Waals surface area contributed by atoms with Crippen molar-refractivity contribution in [1.82, 2.24) is 9.62 Å². The smallest absolute Gasteiger partial charge is 0.253 e. The minimum absolute atomic E-state index is 0.0597. The normalized spacial score (nSPS) is 11.7. The van der Waals surface area contributed by atoms with Gasteiger partial charge < -0.3 is 20.7 Å². The highest BCUT2D eigenvalue weighted by Gasteiger charge is 2.23. The van der Waals surface area contributed by atoms with Crippen LogP contribution in [0, 0.1) is 0 Å². The number of hydrogen-bond donors (Lipinski definition) is 3. The van der Waals surface area contributed by atoms with Crippen LogP contribution < -0.4 is 20.7 Å². The van der Waals surface area contributed by atoms with Gasteiger partial charge in [-0.15, -0.1) is 0 Å². The Morgan fingerprint density at radius 1 is 1.00 bits per heavy atom. The zero-order valence-electron chi connectivity index (χ0n) is 20.6. The Morgan fingerprint density at radius 2 is 1.65 bits per heavy atom. The van der Waals surface area contributed by atoms with Crippen molar-refractivity contribution in [1.29, 1.82) is 0 Å². The lowest BCUT2D eigenvalue weighted by Crippen LogP contribution is -2.40. The molecule has 10 heteroatoms. The Labute approximate surface area is 201 Å². The van der Waals surface area contributed by atoms with Crippen molar-refractivity contribution in [2.45, 2.75) is 45.1 Å². The van der Waals surface area contributed by atoms with Gasteiger partial charge in [-0.3, -0.25) is 9.59 Å². The molecule has 0 aliphatic rings. The number of amides is 2. The van der Waals surface area contributed by atoms with Crippen molar-refractivity contribution in [3.05, 3.63) is 48.0 Å². The number of methoxy groups -OCH3 is 1. The first-order valence-electron chi connectivity index (χ1n) is 11.1. The quantitative estimate of drug-likeness (QED) is 0.471. The second kappa shape index (κ2) is 11.3. The van der Waals surface area contributed by atoms with Crippen molar-refractivity contribution in [3.63, 3.8) is 0 Å². The molecule has 0 aliphatic heterocycles. The summed E-state index contributed by atoms with van der Waals surface area (Å²) in [6.07, 6.45) is 0. The van der Waals surface area contributed by atoms with E-state index in [4.69, 9.17) is 4.74 Å². The van der Waals surface area contributed by atoms with E-state index in [-0.39, 0.29) is 23.0 Å². The molecule has 0 spiro atoms. The second-order valence-corrected chi connectivity index (χ2v) is 10.5. The average molecular weight is 491 g/mol. The van der Waals surface area contributed by atoms with E-state index in [9.17, 15) is 18.0 Å². The van der Waals surface area contributed by atoms with Gasteiger partial charge >= 0.3 is 0 Å². The van der Waals surface area contributed by atoms with Gasteiger partial charge in [-0.25, -0.2) is 8.42 Å². The third-order valence-electron chi connectivity index (χ3n) is 4.89. The first-order valence-corrected chi connectivity index (χ1v) is 12.5. The molecule has 0 radical (unpaired) electrons. The molecule has 34 heavy (non-hydrogen) atoms. The molecule has 0 bridgehead atoms. The van der Waals surface area contributed by atoms with Crippen molar-refractivity contribution in [2.75, 3.05) is 37.4 Å². The summed E-state index contributed by atoms with van der Waals surface area (Å²) in [7, 11) is -2.27. The topological polar surface area (TPSA) is 117 Å². The van der Waals surface area contributed by atoms with E-state index in [0.717, 1.165) is 0 Å². The van der Waals surface area contributed by atoms with E-state index < -0.39 is 21.5 Å². The predicted molar refractivity (Wildman–Crippen MR) is 134 cm³/mol. The number of rotatable bonds is 10. The van der Waals surface area contributed by atoms with E-state index in [1.165, 1.54) is 29.6 Å². The molecule has 0 saturated carbocycles. The molecule has 0 saturated heterocycles. The van der Waals surface area contributed by atoms with Crippen LogP contribution in [0.2, 0.25) is 0 Å². The van der Waals surface area contributed by atoms with E-state index in [0.29, 0.717) is 30.1 Å². The van der Waals surface area contributed by atoms with Crippen LogP contribution in [0.25, 0.3) is 0 Å². The predicted octanol–water partition coefficient (Wildman–Crippen LogP) is 3.30. The summed E-state index contributed by atoms with van der Waals surface area (Å²) in [6.45, 7) is 9.70. The zero-order valence-corrected chi connectivity index (χ0v) is 21.4. The van der Waals surface area contributed by atoms with E-state index in [1.54, 1.807) is 38.1 Å². The molecule has 2 rings (SSSR count). The molecule has 186 valence electrons. The standard InChI is InChI=1S/C24H34N4O5S/c1-7-28(8-2)34(31,32)17-13-14-21(33-6)20(15-17)26-22(29)16-25-19-12-10-9-11-18(19)23(30)27-24(3,4)5/h9-15,25H,7-8,16H2,1-6H3,(H,26,29)(H,27,30). The lowest BCUT2D eigenvalue weighted by molar-refractivity contribution is -0.114. The minimum Gasteiger partial charge on any atom is -0.495 e. The van der Waals surface area contributed by atoms with Crippen LogP contribution in [-0.4, -0.2) is 56.8 Å². The van der Waals surface area contributed by atoms with Gasteiger partial charge in [-0.1, -0.05) is 26.0 Å². The summed E-state index contributed by atoms with van der Waals surface area (Å²) in [5.41, 5.74) is 0.745. The third-order valence-corrected chi connectivity index (χ3v) is 6.93. The summed E-state index contributed by atoms with van der Waals surface area (Å²) >= 11 is 0. The lowest BCUT2D eigenvalue weighted by atomic mass is 10.1. The highest BCUT2D eigenvalue weighted by Crippen LogP contribution is 2.29. The summed E-state index contributed by atoms with van der Waals surface area (Å²) in [5, 5.41) is 8.58. The van der Waals surface area contributed by atoms with E-state index >= 15 is 0 Å². The summed E-state index contributed by atoms with van der Waals surface area (Å²) < 4.78 is 32.4. The van der Waals surface area contributed by atoms with Gasteiger partial charge in [0.25, 0.3) is 5.91 Å². The number of carbonyl (C=O) groups excluding carboxylic acids is 2. The van der Waals surface area contributed by atoms with Crippen LogP contribution in [0.3, 0.4) is 0 Å². The Morgan fingerprint density at radius 3 is 2.24 bits per heavy atom. The number of sulfonamides is 1. The molecule has 0 unspecified atom stereocenters. The molecule has 3 N–H and O–H groups in total. The van der Waals surface area contributed by atoms with Gasteiger partial charge in [0.05, 0.1) is 29.8 Å². The van der Waals surface area contributed by atoms with Crippen molar-refractivity contribution >= 4 is 33.2 Å².